The van der Waals surface area contributed by atoms with Gasteiger partial charge in [0.1, 0.15) is 6.04 Å². The Kier molecular flexibility index (Phi) is 6.12. The minimum Gasteiger partial charge on any atom is -0.481 e. The summed E-state index contributed by atoms with van der Waals surface area (Å²) in [6, 6.07) is 3.15. The lowest BCUT2D eigenvalue weighted by Gasteiger charge is -2.23. The average Bonchev–Trinajstić information content (AvgIpc) is 2.44. The van der Waals surface area contributed by atoms with Gasteiger partial charge in [0.15, 0.2) is 0 Å². The third kappa shape index (κ3) is 5.47. The van der Waals surface area contributed by atoms with Crippen molar-refractivity contribution in [2.75, 3.05) is 6.54 Å². The fourth-order valence-electron chi connectivity index (χ4n) is 1.63. The molecule has 0 aliphatic carbocycles. The Morgan fingerprint density at radius 3 is 2.52 bits per heavy atom. The van der Waals surface area contributed by atoms with E-state index >= 15 is 0 Å². The summed E-state index contributed by atoms with van der Waals surface area (Å²) in [7, 11) is 0. The van der Waals surface area contributed by atoms with E-state index in [2.05, 4.69) is 10.3 Å². The molecule has 0 unspecified atom stereocenters. The summed E-state index contributed by atoms with van der Waals surface area (Å²) in [5, 5.41) is 19.7. The average molecular weight is 295 g/mol. The van der Waals surface area contributed by atoms with Crippen molar-refractivity contribution in [2.45, 2.75) is 25.9 Å². The van der Waals surface area contributed by atoms with Crippen molar-refractivity contribution in [3.8, 4) is 0 Å². The van der Waals surface area contributed by atoms with Crippen LogP contribution in [-0.4, -0.2) is 50.7 Å². The maximum Gasteiger partial charge on any atom is 0.326 e. The maximum absolute atomic E-state index is 12.0. The van der Waals surface area contributed by atoms with Crippen molar-refractivity contribution < 1.29 is 24.6 Å². The third-order valence-electron chi connectivity index (χ3n) is 2.72. The summed E-state index contributed by atoms with van der Waals surface area (Å²) in [6.45, 7) is 2.28. The number of carbonyl (C=O) groups excluding carboxylic acids is 1. The minimum absolute atomic E-state index is 0.211. The molecule has 3 N–H and O–H groups in total. The standard InChI is InChI=1S/C13H17N3O5/c1-2-16(8-9-5-3-4-6-14-9)13(21)15-10(12(19)20)7-11(17)18/h3-6,10H,2,7-8H2,1H3,(H,15,21)(H,17,18)(H,19,20)/t10-/m1/s1. The first-order chi connectivity index (χ1) is 9.93. The third-order valence-corrected chi connectivity index (χ3v) is 2.72. The molecule has 1 atom stereocenters. The molecule has 2 amide bonds. The quantitative estimate of drug-likeness (QED) is 0.675. The summed E-state index contributed by atoms with van der Waals surface area (Å²) in [4.78, 5) is 39.0. The number of amides is 2. The molecule has 0 aromatic carbocycles. The lowest BCUT2D eigenvalue weighted by atomic mass is 10.2. The zero-order chi connectivity index (χ0) is 15.8. The highest BCUT2D eigenvalue weighted by Gasteiger charge is 2.25. The van der Waals surface area contributed by atoms with Crippen molar-refractivity contribution in [3.05, 3.63) is 30.1 Å². The van der Waals surface area contributed by atoms with Gasteiger partial charge >= 0.3 is 18.0 Å². The predicted octanol–water partition coefficient (Wildman–Crippen LogP) is 0.541. The Morgan fingerprint density at radius 1 is 1.33 bits per heavy atom. The zero-order valence-corrected chi connectivity index (χ0v) is 11.5. The molecule has 114 valence electrons. The van der Waals surface area contributed by atoms with Gasteiger partial charge in [-0.05, 0) is 19.1 Å². The Labute approximate surface area is 121 Å². The maximum atomic E-state index is 12.0. The number of hydrogen-bond acceptors (Lipinski definition) is 4. The van der Waals surface area contributed by atoms with Gasteiger partial charge in [0.2, 0.25) is 0 Å². The predicted molar refractivity (Wildman–Crippen MR) is 72.5 cm³/mol. The molecule has 8 heteroatoms. The van der Waals surface area contributed by atoms with E-state index in [1.54, 1.807) is 31.3 Å². The van der Waals surface area contributed by atoms with E-state index in [9.17, 15) is 14.4 Å². The van der Waals surface area contributed by atoms with Crippen LogP contribution >= 0.6 is 0 Å². The van der Waals surface area contributed by atoms with Crippen LogP contribution in [0.15, 0.2) is 24.4 Å². The molecule has 0 saturated carbocycles. The van der Waals surface area contributed by atoms with Crippen molar-refractivity contribution in [1.82, 2.24) is 15.2 Å². The second kappa shape index (κ2) is 7.83. The molecule has 1 heterocycles. The Bertz CT molecular complexity index is 506. The van der Waals surface area contributed by atoms with E-state index in [-0.39, 0.29) is 6.54 Å². The van der Waals surface area contributed by atoms with Crippen LogP contribution in [0.25, 0.3) is 0 Å². The molecule has 0 fully saturated rings. The molecule has 0 radical (unpaired) electrons. The number of rotatable bonds is 7. The summed E-state index contributed by atoms with van der Waals surface area (Å²) in [5.41, 5.74) is 0.652. The summed E-state index contributed by atoms with van der Waals surface area (Å²) >= 11 is 0. The van der Waals surface area contributed by atoms with Gasteiger partial charge in [0, 0.05) is 12.7 Å². The lowest BCUT2D eigenvalue weighted by Crippen LogP contribution is -2.48. The normalized spacial score (nSPS) is 11.5. The van der Waals surface area contributed by atoms with E-state index in [4.69, 9.17) is 10.2 Å². The van der Waals surface area contributed by atoms with E-state index < -0.39 is 30.4 Å². The summed E-state index contributed by atoms with van der Waals surface area (Å²) < 4.78 is 0. The fourth-order valence-corrected chi connectivity index (χ4v) is 1.63. The fraction of sp³-hybridized carbons (Fsp3) is 0.385. The molecular weight excluding hydrogens is 278 g/mol. The second-order valence-corrected chi connectivity index (χ2v) is 4.27. The van der Waals surface area contributed by atoms with Crippen LogP contribution in [0.1, 0.15) is 19.0 Å². The molecule has 0 bridgehead atoms. The van der Waals surface area contributed by atoms with Gasteiger partial charge in [-0.2, -0.15) is 0 Å². The summed E-state index contributed by atoms with van der Waals surface area (Å²) in [5.74, 6) is -2.69. The number of pyridine rings is 1. The monoisotopic (exact) mass is 295 g/mol. The van der Waals surface area contributed by atoms with Crippen LogP contribution in [0.3, 0.4) is 0 Å². The first-order valence-electron chi connectivity index (χ1n) is 6.34. The second-order valence-electron chi connectivity index (χ2n) is 4.27. The Hall–Kier alpha value is -2.64. The van der Waals surface area contributed by atoms with Gasteiger partial charge in [0.05, 0.1) is 18.7 Å². The number of carboxylic acids is 2. The first kappa shape index (κ1) is 16.4. The topological polar surface area (TPSA) is 120 Å². The number of carboxylic acid groups (broad SMARTS) is 2. The number of hydrogen-bond donors (Lipinski definition) is 3. The van der Waals surface area contributed by atoms with E-state index in [0.717, 1.165) is 0 Å². The molecule has 0 aliphatic rings. The van der Waals surface area contributed by atoms with Crippen LogP contribution in [0.2, 0.25) is 0 Å². The van der Waals surface area contributed by atoms with Gasteiger partial charge < -0.3 is 20.4 Å². The van der Waals surface area contributed by atoms with Crippen LogP contribution in [0.4, 0.5) is 4.79 Å². The molecule has 1 aromatic rings. The van der Waals surface area contributed by atoms with E-state index in [1.165, 1.54) is 4.90 Å². The molecule has 8 nitrogen and oxygen atoms in total. The highest BCUT2D eigenvalue weighted by molar-refractivity contribution is 5.86. The van der Waals surface area contributed by atoms with Crippen molar-refractivity contribution >= 4 is 18.0 Å². The van der Waals surface area contributed by atoms with E-state index in [1.807, 2.05) is 0 Å². The van der Waals surface area contributed by atoms with Gasteiger partial charge in [-0.1, -0.05) is 6.07 Å². The molecule has 21 heavy (non-hydrogen) atoms. The number of nitrogens with one attached hydrogen (secondary N) is 1. The minimum atomic E-state index is -1.47. The zero-order valence-electron chi connectivity index (χ0n) is 11.5. The van der Waals surface area contributed by atoms with Crippen LogP contribution in [-0.2, 0) is 16.1 Å². The van der Waals surface area contributed by atoms with Crippen LogP contribution < -0.4 is 5.32 Å². The van der Waals surface area contributed by atoms with Crippen molar-refractivity contribution in [3.63, 3.8) is 0 Å². The molecule has 0 spiro atoms. The summed E-state index contributed by atoms with van der Waals surface area (Å²) in [6.07, 6.45) is 0.910. The van der Waals surface area contributed by atoms with Crippen molar-refractivity contribution in [1.29, 1.82) is 0 Å². The molecule has 0 saturated heterocycles. The lowest BCUT2D eigenvalue weighted by molar-refractivity contribution is -0.145. The van der Waals surface area contributed by atoms with Crippen LogP contribution in [0, 0.1) is 0 Å². The first-order valence-corrected chi connectivity index (χ1v) is 6.34. The number of urea groups is 1. The van der Waals surface area contributed by atoms with Crippen molar-refractivity contribution in [2.24, 2.45) is 0 Å². The Balaban J connectivity index is 2.69. The Morgan fingerprint density at radius 2 is 2.05 bits per heavy atom. The number of nitrogens with zero attached hydrogens (tertiary/aromatic N) is 2. The SMILES string of the molecule is CCN(Cc1ccccn1)C(=O)N[C@H](CC(=O)O)C(=O)O. The number of carbonyl (C=O) groups is 3. The van der Waals surface area contributed by atoms with Gasteiger partial charge in [-0.3, -0.25) is 9.78 Å². The smallest absolute Gasteiger partial charge is 0.326 e. The molecular formula is C13H17N3O5. The van der Waals surface area contributed by atoms with Gasteiger partial charge in [0.25, 0.3) is 0 Å². The van der Waals surface area contributed by atoms with E-state index in [0.29, 0.717) is 12.2 Å². The molecule has 1 aromatic heterocycles. The molecule has 0 aliphatic heterocycles. The number of aromatic nitrogens is 1. The van der Waals surface area contributed by atoms with Crippen LogP contribution in [0.5, 0.6) is 0 Å². The van der Waals surface area contributed by atoms with Gasteiger partial charge in [-0.25, -0.2) is 9.59 Å². The highest BCUT2D eigenvalue weighted by atomic mass is 16.4. The highest BCUT2D eigenvalue weighted by Crippen LogP contribution is 2.03. The largest absolute Gasteiger partial charge is 0.481 e. The number of aliphatic carboxylic acids is 2. The van der Waals surface area contributed by atoms with Gasteiger partial charge in [-0.15, -0.1) is 0 Å². The molecule has 1 rings (SSSR count).